The van der Waals surface area contributed by atoms with E-state index in [0.717, 1.165) is 25.2 Å². The summed E-state index contributed by atoms with van der Waals surface area (Å²) in [7, 11) is 0. The zero-order valence-electron chi connectivity index (χ0n) is 10.9. The Kier molecular flexibility index (Phi) is 4.27. The van der Waals surface area contributed by atoms with Crippen molar-refractivity contribution in [1.29, 1.82) is 0 Å². The van der Waals surface area contributed by atoms with Crippen LogP contribution in [0.3, 0.4) is 0 Å². The minimum Gasteiger partial charge on any atom is -0.370 e. The molecular weight excluding hydrogens is 266 g/mol. The van der Waals surface area contributed by atoms with E-state index in [0.29, 0.717) is 23.4 Å². The Bertz CT molecular complexity index is 481. The zero-order chi connectivity index (χ0) is 14.0. The molecule has 2 unspecified atom stereocenters. The number of anilines is 1. The molecule has 1 aliphatic heterocycles. The van der Waals surface area contributed by atoms with E-state index in [2.05, 4.69) is 11.8 Å². The number of nitro benzene ring substituents is 1. The number of nitro groups is 1. The highest BCUT2D eigenvalue weighted by Gasteiger charge is 2.26. The van der Waals surface area contributed by atoms with Gasteiger partial charge in [-0.25, -0.2) is 0 Å². The maximum Gasteiger partial charge on any atom is 0.271 e. The van der Waals surface area contributed by atoms with Crippen LogP contribution in [0.15, 0.2) is 18.2 Å². The van der Waals surface area contributed by atoms with Gasteiger partial charge in [-0.1, -0.05) is 18.5 Å². The number of halogens is 1. The van der Waals surface area contributed by atoms with Crippen LogP contribution in [0.25, 0.3) is 0 Å². The smallest absolute Gasteiger partial charge is 0.271 e. The van der Waals surface area contributed by atoms with Gasteiger partial charge in [0.05, 0.1) is 15.6 Å². The molecule has 1 aliphatic rings. The molecular formula is C13H18ClN3O2. The van der Waals surface area contributed by atoms with Crippen LogP contribution < -0.4 is 10.6 Å². The lowest BCUT2D eigenvalue weighted by molar-refractivity contribution is -0.384. The van der Waals surface area contributed by atoms with Gasteiger partial charge in [0.1, 0.15) is 0 Å². The molecule has 0 saturated carbocycles. The Morgan fingerprint density at radius 2 is 2.32 bits per heavy atom. The average molecular weight is 284 g/mol. The van der Waals surface area contributed by atoms with Crippen molar-refractivity contribution in [2.24, 2.45) is 17.6 Å². The SMILES string of the molecule is CC1CCN(c2ccc([N+](=O)[O-])cc2Cl)CC1CN. The summed E-state index contributed by atoms with van der Waals surface area (Å²) in [6, 6.07) is 4.63. The second kappa shape index (κ2) is 5.75. The molecule has 1 fully saturated rings. The first kappa shape index (κ1) is 14.1. The first-order valence-electron chi connectivity index (χ1n) is 6.42. The summed E-state index contributed by atoms with van der Waals surface area (Å²) >= 11 is 6.16. The summed E-state index contributed by atoms with van der Waals surface area (Å²) in [4.78, 5) is 12.4. The van der Waals surface area contributed by atoms with Gasteiger partial charge in [-0.05, 0) is 30.9 Å². The highest BCUT2D eigenvalue weighted by molar-refractivity contribution is 6.33. The van der Waals surface area contributed by atoms with Crippen molar-refractivity contribution < 1.29 is 4.92 Å². The van der Waals surface area contributed by atoms with E-state index in [-0.39, 0.29) is 5.69 Å². The van der Waals surface area contributed by atoms with Crippen LogP contribution in [0.2, 0.25) is 5.02 Å². The van der Waals surface area contributed by atoms with E-state index < -0.39 is 4.92 Å². The number of hydrogen-bond acceptors (Lipinski definition) is 4. The number of rotatable bonds is 3. The topological polar surface area (TPSA) is 72.4 Å². The predicted octanol–water partition coefficient (Wildman–Crippen LogP) is 2.67. The van der Waals surface area contributed by atoms with Crippen molar-refractivity contribution in [2.75, 3.05) is 24.5 Å². The van der Waals surface area contributed by atoms with Crippen molar-refractivity contribution in [1.82, 2.24) is 0 Å². The molecule has 2 atom stereocenters. The zero-order valence-corrected chi connectivity index (χ0v) is 11.6. The van der Waals surface area contributed by atoms with Gasteiger partial charge in [0, 0.05) is 25.2 Å². The molecule has 5 nitrogen and oxygen atoms in total. The van der Waals surface area contributed by atoms with E-state index in [9.17, 15) is 10.1 Å². The Morgan fingerprint density at radius 1 is 1.58 bits per heavy atom. The van der Waals surface area contributed by atoms with Crippen LogP contribution in [0.1, 0.15) is 13.3 Å². The quantitative estimate of drug-likeness (QED) is 0.684. The summed E-state index contributed by atoms with van der Waals surface area (Å²) in [6.45, 7) is 4.64. The predicted molar refractivity (Wildman–Crippen MR) is 76.6 cm³/mol. The van der Waals surface area contributed by atoms with Crippen LogP contribution in [0.5, 0.6) is 0 Å². The first-order chi connectivity index (χ1) is 9.02. The molecule has 0 amide bonds. The van der Waals surface area contributed by atoms with Gasteiger partial charge in [0.25, 0.3) is 5.69 Å². The van der Waals surface area contributed by atoms with Crippen molar-refractivity contribution in [3.05, 3.63) is 33.3 Å². The van der Waals surface area contributed by atoms with Crippen LogP contribution in [0.4, 0.5) is 11.4 Å². The molecule has 0 aliphatic carbocycles. The third-order valence-electron chi connectivity index (χ3n) is 3.90. The molecule has 6 heteroatoms. The lowest BCUT2D eigenvalue weighted by Crippen LogP contribution is -2.42. The molecule has 104 valence electrons. The molecule has 1 saturated heterocycles. The molecule has 0 aromatic heterocycles. The fourth-order valence-electron chi connectivity index (χ4n) is 2.54. The third kappa shape index (κ3) is 2.98. The first-order valence-corrected chi connectivity index (χ1v) is 6.79. The van der Waals surface area contributed by atoms with Gasteiger partial charge in [0.2, 0.25) is 0 Å². The molecule has 2 N–H and O–H groups in total. The number of benzene rings is 1. The Hall–Kier alpha value is -1.33. The second-order valence-electron chi connectivity index (χ2n) is 5.10. The number of piperidine rings is 1. The lowest BCUT2D eigenvalue weighted by Gasteiger charge is -2.38. The van der Waals surface area contributed by atoms with Gasteiger partial charge in [-0.2, -0.15) is 0 Å². The van der Waals surface area contributed by atoms with Gasteiger partial charge in [0.15, 0.2) is 0 Å². The molecule has 0 radical (unpaired) electrons. The van der Waals surface area contributed by atoms with E-state index >= 15 is 0 Å². The fourth-order valence-corrected chi connectivity index (χ4v) is 2.84. The van der Waals surface area contributed by atoms with Crippen molar-refractivity contribution in [3.8, 4) is 0 Å². The highest BCUT2D eigenvalue weighted by atomic mass is 35.5. The molecule has 1 aromatic rings. The van der Waals surface area contributed by atoms with Crippen LogP contribution in [0, 0.1) is 22.0 Å². The Morgan fingerprint density at radius 3 is 2.89 bits per heavy atom. The lowest BCUT2D eigenvalue weighted by atomic mass is 9.87. The monoisotopic (exact) mass is 283 g/mol. The normalized spacial score (nSPS) is 23.4. The molecule has 1 heterocycles. The number of hydrogen-bond donors (Lipinski definition) is 1. The number of non-ortho nitro benzene ring substituents is 1. The van der Waals surface area contributed by atoms with Crippen molar-refractivity contribution in [3.63, 3.8) is 0 Å². The maximum absolute atomic E-state index is 10.7. The van der Waals surface area contributed by atoms with Gasteiger partial charge >= 0.3 is 0 Å². The molecule has 19 heavy (non-hydrogen) atoms. The van der Waals surface area contributed by atoms with E-state index in [4.69, 9.17) is 17.3 Å². The van der Waals surface area contributed by atoms with Crippen LogP contribution >= 0.6 is 11.6 Å². The number of nitrogens with two attached hydrogens (primary N) is 1. The third-order valence-corrected chi connectivity index (χ3v) is 4.20. The van der Waals surface area contributed by atoms with Crippen molar-refractivity contribution >= 4 is 23.0 Å². The van der Waals surface area contributed by atoms with Crippen LogP contribution in [-0.4, -0.2) is 24.6 Å². The van der Waals surface area contributed by atoms with Crippen molar-refractivity contribution in [2.45, 2.75) is 13.3 Å². The highest BCUT2D eigenvalue weighted by Crippen LogP contribution is 2.33. The number of nitrogens with zero attached hydrogens (tertiary/aromatic N) is 2. The summed E-state index contributed by atoms with van der Waals surface area (Å²) in [5.74, 6) is 1.05. The fraction of sp³-hybridized carbons (Fsp3) is 0.538. The van der Waals surface area contributed by atoms with Gasteiger partial charge in [-0.3, -0.25) is 10.1 Å². The van der Waals surface area contributed by atoms with Crippen LogP contribution in [-0.2, 0) is 0 Å². The molecule has 1 aromatic carbocycles. The summed E-state index contributed by atoms with van der Waals surface area (Å²) in [6.07, 6.45) is 1.06. The summed E-state index contributed by atoms with van der Waals surface area (Å²) < 4.78 is 0. The molecule has 2 rings (SSSR count). The molecule has 0 spiro atoms. The summed E-state index contributed by atoms with van der Waals surface area (Å²) in [5, 5.41) is 11.1. The summed E-state index contributed by atoms with van der Waals surface area (Å²) in [5.41, 5.74) is 6.67. The Balaban J connectivity index is 2.20. The minimum atomic E-state index is -0.434. The van der Waals surface area contributed by atoms with Gasteiger partial charge < -0.3 is 10.6 Å². The standard InChI is InChI=1S/C13H18ClN3O2/c1-9-4-5-16(8-10(9)7-15)13-3-2-11(17(18)19)6-12(13)14/h2-3,6,9-10H,4-5,7-8,15H2,1H3. The van der Waals surface area contributed by atoms with E-state index in [1.54, 1.807) is 6.07 Å². The van der Waals surface area contributed by atoms with E-state index in [1.165, 1.54) is 12.1 Å². The minimum absolute atomic E-state index is 0.0227. The second-order valence-corrected chi connectivity index (χ2v) is 5.51. The average Bonchev–Trinajstić information content (AvgIpc) is 2.39. The van der Waals surface area contributed by atoms with Gasteiger partial charge in [-0.15, -0.1) is 0 Å². The largest absolute Gasteiger partial charge is 0.370 e. The van der Waals surface area contributed by atoms with E-state index in [1.807, 2.05) is 0 Å². The maximum atomic E-state index is 10.7. The molecule has 0 bridgehead atoms. The Labute approximate surface area is 117 Å².